The monoisotopic (exact) mass is 430 g/mol. The van der Waals surface area contributed by atoms with Gasteiger partial charge in [-0.05, 0) is 37.3 Å². The molecule has 4 aromatic rings. The molecule has 1 atom stereocenters. The molecule has 1 aliphatic carbocycles. The molecular formula is C22H22N8O2. The third kappa shape index (κ3) is 3.44. The van der Waals surface area contributed by atoms with Crippen molar-refractivity contribution in [1.82, 2.24) is 34.9 Å². The molecule has 10 nitrogen and oxygen atoms in total. The largest absolute Gasteiger partial charge is 0.390 e. The number of nitrogens with two attached hydrogens (primary N) is 1. The Morgan fingerprint density at radius 3 is 2.62 bits per heavy atom. The normalized spacial score (nSPS) is 15.4. The molecule has 1 fully saturated rings. The Balaban J connectivity index is 1.46. The van der Waals surface area contributed by atoms with Crippen LogP contribution in [-0.2, 0) is 5.41 Å². The first kappa shape index (κ1) is 20.0. The van der Waals surface area contributed by atoms with Gasteiger partial charge in [0.2, 0.25) is 5.95 Å². The molecule has 3 N–H and O–H groups in total. The van der Waals surface area contributed by atoms with Gasteiger partial charge in [0.15, 0.2) is 5.82 Å². The summed E-state index contributed by atoms with van der Waals surface area (Å²) in [5.74, 6) is 1.60. The number of pyridine rings is 1. The van der Waals surface area contributed by atoms with Gasteiger partial charge in [-0.25, -0.2) is 14.6 Å². The molecule has 0 aliphatic heterocycles. The zero-order valence-electron chi connectivity index (χ0n) is 17.5. The zero-order chi connectivity index (χ0) is 22.3. The van der Waals surface area contributed by atoms with Crippen LogP contribution in [0.3, 0.4) is 0 Å². The average molecular weight is 430 g/mol. The Kier molecular flexibility index (Phi) is 4.78. The fraction of sp³-hybridized carbons (Fsp3) is 0.273. The van der Waals surface area contributed by atoms with E-state index >= 15 is 0 Å². The fourth-order valence-corrected chi connectivity index (χ4v) is 3.78. The summed E-state index contributed by atoms with van der Waals surface area (Å²) < 4.78 is 7.06. The molecule has 4 heterocycles. The van der Waals surface area contributed by atoms with E-state index in [0.29, 0.717) is 28.9 Å². The van der Waals surface area contributed by atoms with Crippen LogP contribution in [0.2, 0.25) is 0 Å². The third-order valence-corrected chi connectivity index (χ3v) is 5.95. The number of aliphatic hydroxyl groups is 1. The minimum Gasteiger partial charge on any atom is -0.390 e. The summed E-state index contributed by atoms with van der Waals surface area (Å²) in [6.07, 6.45) is 10.6. The van der Waals surface area contributed by atoms with E-state index in [9.17, 15) is 5.11 Å². The van der Waals surface area contributed by atoms with Crippen LogP contribution in [0.15, 0.2) is 54.2 Å². The van der Waals surface area contributed by atoms with Crippen molar-refractivity contribution in [3.05, 3.63) is 61.1 Å². The molecule has 0 bridgehead atoms. The number of hydrogen-bond donors (Lipinski definition) is 2. The number of aromatic nitrogens is 7. The standard InChI is InChI=1S/C22H22N8O2/c1-13(12-31)30-11-15(9-27-30)19-28-20(29-32-19)22(2,16-3-4-16)17-5-6-18(24-10-17)14-7-25-21(23)26-8-14/h5-11,16,31H,1,3-4,12H2,2H3,(H2,23,25,26). The van der Waals surface area contributed by atoms with Crippen LogP contribution in [0.5, 0.6) is 0 Å². The lowest BCUT2D eigenvalue weighted by atomic mass is 9.77. The van der Waals surface area contributed by atoms with Gasteiger partial charge in [-0.2, -0.15) is 10.1 Å². The highest BCUT2D eigenvalue weighted by Gasteiger charge is 2.47. The molecular weight excluding hydrogens is 408 g/mol. The van der Waals surface area contributed by atoms with Crippen LogP contribution < -0.4 is 5.73 Å². The summed E-state index contributed by atoms with van der Waals surface area (Å²) in [6.45, 7) is 5.69. The summed E-state index contributed by atoms with van der Waals surface area (Å²) in [4.78, 5) is 17.4. The van der Waals surface area contributed by atoms with Gasteiger partial charge in [-0.1, -0.05) is 17.8 Å². The van der Waals surface area contributed by atoms with Crippen molar-refractivity contribution in [2.75, 3.05) is 12.3 Å². The van der Waals surface area contributed by atoms with E-state index in [1.165, 1.54) is 4.68 Å². The van der Waals surface area contributed by atoms with Gasteiger partial charge >= 0.3 is 0 Å². The number of nitrogen functional groups attached to an aromatic ring is 1. The van der Waals surface area contributed by atoms with Gasteiger partial charge in [0, 0.05) is 30.4 Å². The van der Waals surface area contributed by atoms with E-state index in [4.69, 9.17) is 15.2 Å². The number of anilines is 1. The second-order valence-corrected chi connectivity index (χ2v) is 8.06. The van der Waals surface area contributed by atoms with Gasteiger partial charge in [0.1, 0.15) is 0 Å². The number of aliphatic hydroxyl groups excluding tert-OH is 1. The maximum absolute atomic E-state index is 9.25. The summed E-state index contributed by atoms with van der Waals surface area (Å²) in [7, 11) is 0. The van der Waals surface area contributed by atoms with Crippen molar-refractivity contribution in [3.8, 4) is 22.7 Å². The fourth-order valence-electron chi connectivity index (χ4n) is 3.78. The highest BCUT2D eigenvalue weighted by molar-refractivity contribution is 5.58. The van der Waals surface area contributed by atoms with Crippen molar-refractivity contribution in [2.45, 2.75) is 25.2 Å². The molecule has 0 amide bonds. The highest BCUT2D eigenvalue weighted by atomic mass is 16.5. The molecule has 10 heteroatoms. The van der Waals surface area contributed by atoms with E-state index in [0.717, 1.165) is 29.7 Å². The molecule has 1 aliphatic rings. The predicted octanol–water partition coefficient (Wildman–Crippen LogP) is 2.55. The van der Waals surface area contributed by atoms with Crippen LogP contribution in [-0.4, -0.2) is 46.6 Å². The molecule has 1 saturated carbocycles. The summed E-state index contributed by atoms with van der Waals surface area (Å²) >= 11 is 0. The van der Waals surface area contributed by atoms with Crippen LogP contribution in [0, 0.1) is 5.92 Å². The Labute approximate surface area is 183 Å². The maximum Gasteiger partial charge on any atom is 0.261 e. The molecule has 0 aromatic carbocycles. The van der Waals surface area contributed by atoms with Gasteiger partial charge in [0.25, 0.3) is 5.89 Å². The first-order valence-electron chi connectivity index (χ1n) is 10.2. The molecule has 0 radical (unpaired) electrons. The Morgan fingerprint density at radius 1 is 1.19 bits per heavy atom. The predicted molar refractivity (Wildman–Crippen MR) is 117 cm³/mol. The molecule has 0 spiro atoms. The van der Waals surface area contributed by atoms with Crippen LogP contribution in [0.4, 0.5) is 5.95 Å². The van der Waals surface area contributed by atoms with Crippen molar-refractivity contribution in [2.24, 2.45) is 5.92 Å². The molecule has 1 unspecified atom stereocenters. The summed E-state index contributed by atoms with van der Waals surface area (Å²) in [6, 6.07) is 3.98. The number of rotatable bonds is 7. The van der Waals surface area contributed by atoms with E-state index < -0.39 is 5.41 Å². The molecule has 32 heavy (non-hydrogen) atoms. The van der Waals surface area contributed by atoms with Crippen molar-refractivity contribution in [3.63, 3.8) is 0 Å². The first-order valence-corrected chi connectivity index (χ1v) is 10.2. The molecule has 0 saturated heterocycles. The average Bonchev–Trinajstić information content (AvgIpc) is 3.36. The quantitative estimate of drug-likeness (QED) is 0.452. The number of hydrogen-bond acceptors (Lipinski definition) is 9. The van der Waals surface area contributed by atoms with Gasteiger partial charge < -0.3 is 15.4 Å². The second-order valence-electron chi connectivity index (χ2n) is 8.06. The van der Waals surface area contributed by atoms with Gasteiger partial charge in [-0.15, -0.1) is 0 Å². The van der Waals surface area contributed by atoms with Gasteiger partial charge in [0.05, 0.1) is 35.2 Å². The Hall–Kier alpha value is -3.92. The lowest BCUT2D eigenvalue weighted by Gasteiger charge is -2.26. The second kappa shape index (κ2) is 7.65. The minimum absolute atomic E-state index is 0.193. The van der Waals surface area contributed by atoms with Crippen LogP contribution >= 0.6 is 0 Å². The Bertz CT molecular complexity index is 1260. The van der Waals surface area contributed by atoms with Crippen molar-refractivity contribution < 1.29 is 9.63 Å². The van der Waals surface area contributed by atoms with E-state index in [-0.39, 0.29) is 12.6 Å². The highest BCUT2D eigenvalue weighted by Crippen LogP contribution is 2.50. The SMILES string of the molecule is C=C(CO)n1cc(-c2nc(C(C)(c3ccc(-c4cnc(N)nc4)nc3)C3CC3)no2)cn1. The molecule has 162 valence electrons. The minimum atomic E-state index is -0.435. The van der Waals surface area contributed by atoms with Crippen molar-refractivity contribution >= 4 is 11.6 Å². The lowest BCUT2D eigenvalue weighted by molar-refractivity contribution is 0.342. The van der Waals surface area contributed by atoms with Crippen molar-refractivity contribution in [1.29, 1.82) is 0 Å². The number of nitrogens with zero attached hydrogens (tertiary/aromatic N) is 7. The first-order chi connectivity index (χ1) is 15.5. The summed E-state index contributed by atoms with van der Waals surface area (Å²) in [5.41, 5.74) is 8.82. The molecule has 4 aromatic heterocycles. The smallest absolute Gasteiger partial charge is 0.261 e. The van der Waals surface area contributed by atoms with E-state index in [1.54, 1.807) is 24.8 Å². The topological polar surface area (TPSA) is 142 Å². The van der Waals surface area contributed by atoms with E-state index in [1.807, 2.05) is 18.3 Å². The van der Waals surface area contributed by atoms with E-state index in [2.05, 4.69) is 38.7 Å². The summed E-state index contributed by atoms with van der Waals surface area (Å²) in [5, 5.41) is 17.7. The lowest BCUT2D eigenvalue weighted by Crippen LogP contribution is -2.28. The third-order valence-electron chi connectivity index (χ3n) is 5.95. The van der Waals surface area contributed by atoms with Crippen LogP contribution in [0.1, 0.15) is 31.2 Å². The Morgan fingerprint density at radius 2 is 1.97 bits per heavy atom. The molecule has 5 rings (SSSR count). The zero-order valence-corrected chi connectivity index (χ0v) is 17.5. The maximum atomic E-state index is 9.25. The van der Waals surface area contributed by atoms with Gasteiger partial charge in [-0.3, -0.25) is 4.98 Å². The van der Waals surface area contributed by atoms with Crippen LogP contribution in [0.25, 0.3) is 28.4 Å².